The van der Waals surface area contributed by atoms with E-state index >= 15 is 0 Å². The van der Waals surface area contributed by atoms with E-state index in [1.807, 2.05) is 0 Å². The van der Waals surface area contributed by atoms with Crippen LogP contribution < -0.4 is 5.32 Å². The summed E-state index contributed by atoms with van der Waals surface area (Å²) in [4.78, 5) is 1.23. The van der Waals surface area contributed by atoms with Gasteiger partial charge in [0.15, 0.2) is 0 Å². The lowest BCUT2D eigenvalue weighted by molar-refractivity contribution is 0.687. The van der Waals surface area contributed by atoms with Crippen LogP contribution in [0, 0.1) is 0 Å². The highest BCUT2D eigenvalue weighted by atomic mass is 35.5. The Morgan fingerprint density at radius 1 is 1.47 bits per heavy atom. The molecule has 0 atom stereocenters. The molecule has 92 valence electrons. The second-order valence-electron chi connectivity index (χ2n) is 4.15. The van der Waals surface area contributed by atoms with Crippen LogP contribution in [0.25, 0.3) is 0 Å². The van der Waals surface area contributed by atoms with Crippen LogP contribution in [0.2, 0.25) is 0 Å². The van der Waals surface area contributed by atoms with E-state index in [9.17, 15) is 0 Å². The first-order valence-corrected chi connectivity index (χ1v) is 7.48. The van der Waals surface area contributed by atoms with Gasteiger partial charge in [-0.05, 0) is 30.5 Å². The maximum absolute atomic E-state index is 5.86. The standard InChI is InChI=1S/C13H15Cl2NS/c14-7-11(15)9-17-13-3-1-2-10(6-13)8-16-12-4-5-12/h1-3,6-7,12,16H,4-5,8-9H2. The molecule has 0 aromatic heterocycles. The van der Waals surface area contributed by atoms with Gasteiger partial charge in [-0.15, -0.1) is 11.8 Å². The maximum Gasteiger partial charge on any atom is 0.0396 e. The minimum Gasteiger partial charge on any atom is -0.310 e. The third kappa shape index (κ3) is 4.92. The van der Waals surface area contributed by atoms with Crippen LogP contribution in [0.1, 0.15) is 18.4 Å². The molecule has 1 aliphatic carbocycles. The molecule has 1 fully saturated rings. The lowest BCUT2D eigenvalue weighted by Crippen LogP contribution is -2.15. The zero-order chi connectivity index (χ0) is 12.1. The van der Waals surface area contributed by atoms with Crippen molar-refractivity contribution in [2.45, 2.75) is 30.3 Å². The third-order valence-corrected chi connectivity index (χ3v) is 4.38. The van der Waals surface area contributed by atoms with Crippen molar-refractivity contribution in [2.75, 3.05) is 5.75 Å². The Hall–Kier alpha value is -0.150. The first kappa shape index (κ1) is 13.3. The Morgan fingerprint density at radius 2 is 2.29 bits per heavy atom. The lowest BCUT2D eigenvalue weighted by atomic mass is 10.2. The van der Waals surface area contributed by atoms with Crippen molar-refractivity contribution >= 4 is 35.0 Å². The van der Waals surface area contributed by atoms with E-state index in [0.717, 1.165) is 18.3 Å². The van der Waals surface area contributed by atoms with E-state index in [0.29, 0.717) is 5.03 Å². The number of hydrogen-bond acceptors (Lipinski definition) is 2. The average molecular weight is 288 g/mol. The van der Waals surface area contributed by atoms with Gasteiger partial charge in [-0.25, -0.2) is 0 Å². The number of halogens is 2. The van der Waals surface area contributed by atoms with Gasteiger partial charge in [0, 0.05) is 33.8 Å². The van der Waals surface area contributed by atoms with E-state index in [1.54, 1.807) is 11.8 Å². The number of hydrogen-bond donors (Lipinski definition) is 1. The summed E-state index contributed by atoms with van der Waals surface area (Å²) in [7, 11) is 0. The normalized spacial score (nSPS) is 16.2. The van der Waals surface area contributed by atoms with Gasteiger partial charge in [-0.1, -0.05) is 35.3 Å². The molecule has 0 amide bonds. The van der Waals surface area contributed by atoms with Gasteiger partial charge in [-0.3, -0.25) is 0 Å². The summed E-state index contributed by atoms with van der Waals surface area (Å²) in [6.07, 6.45) is 2.65. The minimum absolute atomic E-state index is 0.679. The van der Waals surface area contributed by atoms with Gasteiger partial charge >= 0.3 is 0 Å². The van der Waals surface area contributed by atoms with Crippen LogP contribution in [-0.4, -0.2) is 11.8 Å². The van der Waals surface area contributed by atoms with Gasteiger partial charge in [0.05, 0.1) is 0 Å². The topological polar surface area (TPSA) is 12.0 Å². The van der Waals surface area contributed by atoms with Crippen LogP contribution in [0.3, 0.4) is 0 Å². The van der Waals surface area contributed by atoms with E-state index < -0.39 is 0 Å². The molecular formula is C13H15Cl2NS. The van der Waals surface area contributed by atoms with Crippen LogP contribution in [0.5, 0.6) is 0 Å². The molecule has 1 aromatic rings. The second kappa shape index (κ2) is 6.69. The Kier molecular flexibility index (Phi) is 5.23. The Labute approximate surface area is 117 Å². The fourth-order valence-corrected chi connectivity index (χ4v) is 2.61. The molecule has 0 spiro atoms. The molecule has 1 aliphatic rings. The van der Waals surface area contributed by atoms with Gasteiger partial charge in [0.1, 0.15) is 0 Å². The van der Waals surface area contributed by atoms with Crippen molar-refractivity contribution in [3.63, 3.8) is 0 Å². The highest BCUT2D eigenvalue weighted by molar-refractivity contribution is 7.99. The van der Waals surface area contributed by atoms with Gasteiger partial charge in [0.2, 0.25) is 0 Å². The summed E-state index contributed by atoms with van der Waals surface area (Å²) >= 11 is 13.1. The number of thioether (sulfide) groups is 1. The lowest BCUT2D eigenvalue weighted by Gasteiger charge is -2.05. The molecule has 0 bridgehead atoms. The van der Waals surface area contributed by atoms with Crippen molar-refractivity contribution < 1.29 is 0 Å². The summed E-state index contributed by atoms with van der Waals surface area (Å²) in [5.41, 5.74) is 2.75. The van der Waals surface area contributed by atoms with Crippen molar-refractivity contribution in [1.82, 2.24) is 5.32 Å². The first-order chi connectivity index (χ1) is 8.28. The molecule has 0 aliphatic heterocycles. The molecule has 4 heteroatoms. The molecule has 1 saturated carbocycles. The molecule has 0 saturated heterocycles. The molecule has 2 rings (SSSR count). The number of benzene rings is 1. The SMILES string of the molecule is ClC=C(Cl)CSc1cccc(CNC2CC2)c1. The van der Waals surface area contributed by atoms with Crippen molar-refractivity contribution in [3.05, 3.63) is 40.4 Å². The third-order valence-electron chi connectivity index (χ3n) is 2.57. The van der Waals surface area contributed by atoms with E-state index in [-0.39, 0.29) is 0 Å². The minimum atomic E-state index is 0.679. The zero-order valence-electron chi connectivity index (χ0n) is 9.46. The van der Waals surface area contributed by atoms with Crippen LogP contribution in [0.4, 0.5) is 0 Å². The second-order valence-corrected chi connectivity index (χ2v) is 5.90. The molecule has 0 radical (unpaired) electrons. The molecule has 17 heavy (non-hydrogen) atoms. The quantitative estimate of drug-likeness (QED) is 0.781. The highest BCUT2D eigenvalue weighted by Crippen LogP contribution is 2.24. The molecule has 1 nitrogen and oxygen atoms in total. The summed E-state index contributed by atoms with van der Waals surface area (Å²) < 4.78 is 0. The summed E-state index contributed by atoms with van der Waals surface area (Å²) in [6.45, 7) is 0.956. The summed E-state index contributed by atoms with van der Waals surface area (Å²) in [5.74, 6) is 0.727. The fourth-order valence-electron chi connectivity index (χ4n) is 1.48. The smallest absolute Gasteiger partial charge is 0.0396 e. The highest BCUT2D eigenvalue weighted by Gasteiger charge is 2.19. The average Bonchev–Trinajstić information content (AvgIpc) is 3.18. The maximum atomic E-state index is 5.86. The van der Waals surface area contributed by atoms with Gasteiger partial charge in [0.25, 0.3) is 0 Å². The Bertz CT molecular complexity index is 402. The molecule has 0 unspecified atom stereocenters. The van der Waals surface area contributed by atoms with Crippen LogP contribution >= 0.6 is 35.0 Å². The number of rotatable bonds is 6. The van der Waals surface area contributed by atoms with Crippen LogP contribution in [0.15, 0.2) is 39.7 Å². The molecular weight excluding hydrogens is 273 g/mol. The van der Waals surface area contributed by atoms with Gasteiger partial charge < -0.3 is 5.32 Å². The predicted octanol–water partition coefficient (Wildman–Crippen LogP) is 4.35. The monoisotopic (exact) mass is 287 g/mol. The molecule has 0 heterocycles. The largest absolute Gasteiger partial charge is 0.310 e. The van der Waals surface area contributed by atoms with E-state index in [2.05, 4.69) is 29.6 Å². The van der Waals surface area contributed by atoms with E-state index in [1.165, 1.54) is 28.8 Å². The Balaban J connectivity index is 1.86. The molecule has 1 N–H and O–H groups in total. The summed E-state index contributed by atoms with van der Waals surface area (Å²) in [5, 5.41) is 4.19. The van der Waals surface area contributed by atoms with Crippen molar-refractivity contribution in [2.24, 2.45) is 0 Å². The Morgan fingerprint density at radius 3 is 3.00 bits per heavy atom. The number of nitrogens with one attached hydrogen (secondary N) is 1. The zero-order valence-corrected chi connectivity index (χ0v) is 11.8. The fraction of sp³-hybridized carbons (Fsp3) is 0.385. The van der Waals surface area contributed by atoms with Crippen molar-refractivity contribution in [1.29, 1.82) is 0 Å². The predicted molar refractivity (Wildman–Crippen MR) is 76.8 cm³/mol. The van der Waals surface area contributed by atoms with Crippen LogP contribution in [-0.2, 0) is 6.54 Å². The summed E-state index contributed by atoms with van der Waals surface area (Å²) in [6, 6.07) is 9.30. The first-order valence-electron chi connectivity index (χ1n) is 5.68. The van der Waals surface area contributed by atoms with Gasteiger partial charge in [-0.2, -0.15) is 0 Å². The molecule has 1 aromatic carbocycles. The van der Waals surface area contributed by atoms with E-state index in [4.69, 9.17) is 23.2 Å². The van der Waals surface area contributed by atoms with Crippen molar-refractivity contribution in [3.8, 4) is 0 Å².